The fourth-order valence-electron chi connectivity index (χ4n) is 2.56. The van der Waals surface area contributed by atoms with Gasteiger partial charge in [-0.3, -0.25) is 9.78 Å². The molecule has 2 heterocycles. The molecule has 2 rings (SSSR count). The Morgan fingerprint density at radius 3 is 3.05 bits per heavy atom. The van der Waals surface area contributed by atoms with Crippen molar-refractivity contribution in [1.29, 1.82) is 0 Å². The molecule has 0 aliphatic carbocycles. The number of aryl methyl sites for hydroxylation is 1. The molecule has 104 valence electrons. The zero-order valence-electron chi connectivity index (χ0n) is 11.1. The van der Waals surface area contributed by atoms with E-state index in [2.05, 4.69) is 4.98 Å². The molecule has 1 aliphatic heterocycles. The molecule has 0 saturated carbocycles. The van der Waals surface area contributed by atoms with Crippen LogP contribution in [0.2, 0.25) is 5.02 Å². The van der Waals surface area contributed by atoms with E-state index in [4.69, 9.17) is 16.7 Å². The Kier molecular flexibility index (Phi) is 4.77. The monoisotopic (exact) mass is 282 g/mol. The number of rotatable bonds is 3. The molecule has 1 aliphatic rings. The van der Waals surface area contributed by atoms with Crippen molar-refractivity contribution in [1.82, 2.24) is 9.88 Å². The lowest BCUT2D eigenvalue weighted by Gasteiger charge is -2.35. The van der Waals surface area contributed by atoms with E-state index in [0.717, 1.165) is 31.5 Å². The lowest BCUT2D eigenvalue weighted by Crippen LogP contribution is -2.44. The number of pyridine rings is 1. The third-order valence-electron chi connectivity index (χ3n) is 3.57. The molecule has 0 radical (unpaired) electrons. The molecule has 0 spiro atoms. The predicted molar refractivity (Wildman–Crippen MR) is 74.4 cm³/mol. The molecule has 1 aromatic rings. The van der Waals surface area contributed by atoms with E-state index in [1.54, 1.807) is 12.3 Å². The highest BCUT2D eigenvalue weighted by Crippen LogP contribution is 2.24. The van der Waals surface area contributed by atoms with Crippen molar-refractivity contribution in [3.8, 4) is 0 Å². The predicted octanol–water partition coefficient (Wildman–Crippen LogP) is 2.42. The minimum atomic E-state index is -0.0735. The summed E-state index contributed by atoms with van der Waals surface area (Å²) in [6.07, 6.45) is 5.23. The number of carbonyl (C=O) groups is 1. The molecule has 1 saturated heterocycles. The largest absolute Gasteiger partial charge is 0.396 e. The summed E-state index contributed by atoms with van der Waals surface area (Å²) < 4.78 is 0. The normalized spacial score (nSPS) is 19.5. The van der Waals surface area contributed by atoms with Crippen LogP contribution in [-0.4, -0.2) is 40.1 Å². The van der Waals surface area contributed by atoms with E-state index in [-0.39, 0.29) is 18.6 Å². The van der Waals surface area contributed by atoms with Gasteiger partial charge in [0.2, 0.25) is 0 Å². The summed E-state index contributed by atoms with van der Waals surface area (Å²) in [4.78, 5) is 18.5. The Morgan fingerprint density at radius 1 is 1.58 bits per heavy atom. The second-order valence-electron chi connectivity index (χ2n) is 4.97. The Morgan fingerprint density at radius 2 is 2.37 bits per heavy atom. The average molecular weight is 283 g/mol. The summed E-state index contributed by atoms with van der Waals surface area (Å²) in [6, 6.07) is 1.82. The van der Waals surface area contributed by atoms with E-state index in [9.17, 15) is 4.79 Å². The number of hydrogen-bond donors (Lipinski definition) is 1. The summed E-state index contributed by atoms with van der Waals surface area (Å²) in [5, 5.41) is 9.55. The van der Waals surface area contributed by atoms with Gasteiger partial charge in [-0.25, -0.2) is 0 Å². The maximum absolute atomic E-state index is 12.5. The Bertz CT molecular complexity index is 463. The minimum Gasteiger partial charge on any atom is -0.396 e. The lowest BCUT2D eigenvalue weighted by molar-refractivity contribution is 0.0574. The highest BCUT2D eigenvalue weighted by atomic mass is 35.5. The van der Waals surface area contributed by atoms with E-state index in [1.165, 1.54) is 0 Å². The highest BCUT2D eigenvalue weighted by molar-refractivity contribution is 6.33. The van der Waals surface area contributed by atoms with Gasteiger partial charge in [0.05, 0.1) is 10.6 Å². The molecule has 1 aromatic heterocycles. The first-order valence-corrected chi connectivity index (χ1v) is 7.05. The number of aliphatic hydroxyl groups is 1. The van der Waals surface area contributed by atoms with Gasteiger partial charge >= 0.3 is 0 Å². The van der Waals surface area contributed by atoms with E-state index in [1.807, 2.05) is 11.8 Å². The fourth-order valence-corrected chi connectivity index (χ4v) is 2.84. The SMILES string of the molecule is Cc1cc(Cl)c(C(=O)N2CCCCC2CCO)cn1. The van der Waals surface area contributed by atoms with Crippen LogP contribution in [0, 0.1) is 6.92 Å². The first-order chi connectivity index (χ1) is 9.13. The van der Waals surface area contributed by atoms with Crippen molar-refractivity contribution in [3.63, 3.8) is 0 Å². The third kappa shape index (κ3) is 3.25. The van der Waals surface area contributed by atoms with Crippen molar-refractivity contribution < 1.29 is 9.90 Å². The molecule has 5 heteroatoms. The highest BCUT2D eigenvalue weighted by Gasteiger charge is 2.28. The molecule has 4 nitrogen and oxygen atoms in total. The molecule has 0 aromatic carbocycles. The summed E-state index contributed by atoms with van der Waals surface area (Å²) in [5.41, 5.74) is 1.25. The number of aliphatic hydroxyl groups excluding tert-OH is 1. The van der Waals surface area contributed by atoms with E-state index < -0.39 is 0 Å². The fraction of sp³-hybridized carbons (Fsp3) is 0.571. The summed E-state index contributed by atoms with van der Waals surface area (Å²) in [5.74, 6) is -0.0735. The molecule has 1 N–H and O–H groups in total. The van der Waals surface area contributed by atoms with Gasteiger partial charge in [-0.15, -0.1) is 0 Å². The van der Waals surface area contributed by atoms with E-state index >= 15 is 0 Å². The average Bonchev–Trinajstić information content (AvgIpc) is 2.39. The van der Waals surface area contributed by atoms with Crippen molar-refractivity contribution in [2.45, 2.75) is 38.6 Å². The molecular formula is C14H19ClN2O2. The zero-order valence-corrected chi connectivity index (χ0v) is 11.9. The number of halogens is 1. The Balaban J connectivity index is 2.21. The standard InChI is InChI=1S/C14H19ClN2O2/c1-10-8-13(15)12(9-16-10)14(19)17-6-3-2-4-11(17)5-7-18/h8-9,11,18H,2-7H2,1H3. The lowest BCUT2D eigenvalue weighted by atomic mass is 9.98. The van der Waals surface area contributed by atoms with Gasteiger partial charge in [-0.1, -0.05) is 11.6 Å². The van der Waals surface area contributed by atoms with Gasteiger partial charge in [-0.2, -0.15) is 0 Å². The second-order valence-corrected chi connectivity index (χ2v) is 5.37. The maximum Gasteiger partial charge on any atom is 0.257 e. The maximum atomic E-state index is 12.5. The van der Waals surface area contributed by atoms with Gasteiger partial charge in [0.15, 0.2) is 0 Å². The summed E-state index contributed by atoms with van der Waals surface area (Å²) in [7, 11) is 0. The molecular weight excluding hydrogens is 264 g/mol. The van der Waals surface area contributed by atoms with Crippen LogP contribution in [0.3, 0.4) is 0 Å². The topological polar surface area (TPSA) is 53.4 Å². The number of likely N-dealkylation sites (tertiary alicyclic amines) is 1. The van der Waals surface area contributed by atoms with Crippen LogP contribution < -0.4 is 0 Å². The van der Waals surface area contributed by atoms with Crippen LogP contribution >= 0.6 is 11.6 Å². The number of piperidine rings is 1. The van der Waals surface area contributed by atoms with E-state index in [0.29, 0.717) is 17.0 Å². The third-order valence-corrected chi connectivity index (χ3v) is 3.88. The van der Waals surface area contributed by atoms with Crippen LogP contribution in [0.25, 0.3) is 0 Å². The number of aromatic nitrogens is 1. The van der Waals surface area contributed by atoms with Crippen LogP contribution in [0.5, 0.6) is 0 Å². The molecule has 19 heavy (non-hydrogen) atoms. The van der Waals surface area contributed by atoms with Crippen LogP contribution in [-0.2, 0) is 0 Å². The minimum absolute atomic E-state index is 0.0735. The Labute approximate surface area is 118 Å². The first kappa shape index (κ1) is 14.3. The van der Waals surface area contributed by atoms with Crippen LogP contribution in [0.15, 0.2) is 12.3 Å². The first-order valence-electron chi connectivity index (χ1n) is 6.67. The second kappa shape index (κ2) is 6.35. The van der Waals surface area contributed by atoms with Crippen LogP contribution in [0.4, 0.5) is 0 Å². The van der Waals surface area contributed by atoms with Gasteiger partial charge in [0.1, 0.15) is 0 Å². The quantitative estimate of drug-likeness (QED) is 0.926. The van der Waals surface area contributed by atoms with Crippen molar-refractivity contribution in [2.24, 2.45) is 0 Å². The van der Waals surface area contributed by atoms with Gasteiger partial charge in [0.25, 0.3) is 5.91 Å². The van der Waals surface area contributed by atoms with Crippen LogP contribution in [0.1, 0.15) is 41.7 Å². The zero-order chi connectivity index (χ0) is 13.8. The number of amides is 1. The number of carbonyl (C=O) groups excluding carboxylic acids is 1. The summed E-state index contributed by atoms with van der Waals surface area (Å²) in [6.45, 7) is 2.68. The smallest absolute Gasteiger partial charge is 0.257 e. The molecule has 1 atom stereocenters. The van der Waals surface area contributed by atoms with Gasteiger partial charge < -0.3 is 10.0 Å². The van der Waals surface area contributed by atoms with Gasteiger partial charge in [0, 0.05) is 31.1 Å². The molecule has 1 unspecified atom stereocenters. The number of hydrogen-bond acceptors (Lipinski definition) is 3. The van der Waals surface area contributed by atoms with Crippen molar-refractivity contribution in [2.75, 3.05) is 13.2 Å². The van der Waals surface area contributed by atoms with Crippen molar-refractivity contribution >= 4 is 17.5 Å². The molecule has 1 amide bonds. The molecule has 1 fully saturated rings. The number of nitrogens with zero attached hydrogens (tertiary/aromatic N) is 2. The van der Waals surface area contributed by atoms with Gasteiger partial charge in [-0.05, 0) is 38.7 Å². The summed E-state index contributed by atoms with van der Waals surface area (Å²) >= 11 is 6.13. The molecule has 0 bridgehead atoms. The van der Waals surface area contributed by atoms with Crippen molar-refractivity contribution in [3.05, 3.63) is 28.5 Å². The Hall–Kier alpha value is -1.13.